The summed E-state index contributed by atoms with van der Waals surface area (Å²) < 4.78 is 28.9. The van der Waals surface area contributed by atoms with Crippen LogP contribution in [0.4, 0.5) is 8.78 Å². The first-order valence-corrected chi connectivity index (χ1v) is 6.60. The molecule has 0 fully saturated rings. The second-order valence-electron chi connectivity index (χ2n) is 4.45. The minimum atomic E-state index is -2.89. The highest BCUT2D eigenvalue weighted by atomic mass is 19.3. The van der Waals surface area contributed by atoms with Crippen molar-refractivity contribution in [3.05, 3.63) is 29.8 Å². The van der Waals surface area contributed by atoms with E-state index in [1.165, 1.54) is 6.07 Å². The van der Waals surface area contributed by atoms with Crippen LogP contribution in [0.1, 0.15) is 31.7 Å². The lowest BCUT2D eigenvalue weighted by Crippen LogP contribution is -2.40. The van der Waals surface area contributed by atoms with E-state index in [9.17, 15) is 13.6 Å². The predicted molar refractivity (Wildman–Crippen MR) is 72.4 cm³/mol. The first-order valence-electron chi connectivity index (χ1n) is 6.60. The number of hydrogen-bond acceptors (Lipinski definition) is 3. The zero-order chi connectivity index (χ0) is 15.0. The lowest BCUT2D eigenvalue weighted by atomic mass is 10.1. The van der Waals surface area contributed by atoms with Gasteiger partial charge in [-0.1, -0.05) is 38.0 Å². The lowest BCUT2D eigenvalue weighted by Gasteiger charge is -2.14. The summed E-state index contributed by atoms with van der Waals surface area (Å²) in [4.78, 5) is 11.7. The van der Waals surface area contributed by atoms with Crippen molar-refractivity contribution >= 4 is 5.91 Å². The van der Waals surface area contributed by atoms with Gasteiger partial charge in [0.05, 0.1) is 6.04 Å². The highest BCUT2D eigenvalue weighted by molar-refractivity contribution is 5.81. The van der Waals surface area contributed by atoms with Crippen molar-refractivity contribution in [3.63, 3.8) is 0 Å². The van der Waals surface area contributed by atoms with Gasteiger partial charge in [-0.3, -0.25) is 4.79 Å². The smallest absolute Gasteiger partial charge is 0.387 e. The Kier molecular flexibility index (Phi) is 6.93. The third-order valence-electron chi connectivity index (χ3n) is 2.85. The van der Waals surface area contributed by atoms with Crippen LogP contribution in [0.2, 0.25) is 0 Å². The molecule has 20 heavy (non-hydrogen) atoms. The Labute approximate surface area is 117 Å². The third kappa shape index (κ3) is 5.52. The number of benzene rings is 1. The minimum Gasteiger partial charge on any atom is -0.434 e. The maximum Gasteiger partial charge on any atom is 0.387 e. The van der Waals surface area contributed by atoms with Crippen molar-refractivity contribution in [1.29, 1.82) is 0 Å². The number of unbranched alkanes of at least 4 members (excludes halogenated alkanes) is 1. The highest BCUT2D eigenvalue weighted by Crippen LogP contribution is 2.19. The molecule has 1 aromatic rings. The quantitative estimate of drug-likeness (QED) is 0.771. The molecule has 0 aliphatic heterocycles. The molecule has 0 aliphatic carbocycles. The summed E-state index contributed by atoms with van der Waals surface area (Å²) in [5, 5.41) is 2.63. The van der Waals surface area contributed by atoms with Gasteiger partial charge in [0.25, 0.3) is 0 Å². The summed E-state index contributed by atoms with van der Waals surface area (Å²) in [6.45, 7) is -0.761. The summed E-state index contributed by atoms with van der Waals surface area (Å²) in [7, 11) is 0. The molecule has 0 saturated carbocycles. The average molecular weight is 286 g/mol. The first-order chi connectivity index (χ1) is 9.54. The van der Waals surface area contributed by atoms with Crippen LogP contribution in [0.5, 0.6) is 5.75 Å². The van der Waals surface area contributed by atoms with Crippen LogP contribution in [0.25, 0.3) is 0 Å². The van der Waals surface area contributed by atoms with Crippen molar-refractivity contribution in [2.24, 2.45) is 5.73 Å². The third-order valence-corrected chi connectivity index (χ3v) is 2.85. The largest absolute Gasteiger partial charge is 0.434 e. The molecular formula is C14H20F2N2O2. The number of hydrogen-bond donors (Lipinski definition) is 2. The molecular weight excluding hydrogens is 266 g/mol. The first kappa shape index (κ1) is 16.4. The van der Waals surface area contributed by atoms with Gasteiger partial charge in [0.2, 0.25) is 5.91 Å². The molecule has 0 radical (unpaired) electrons. The highest BCUT2D eigenvalue weighted by Gasteiger charge is 2.14. The average Bonchev–Trinajstić information content (AvgIpc) is 2.42. The molecule has 0 spiro atoms. The van der Waals surface area contributed by atoms with Crippen molar-refractivity contribution in [2.45, 2.75) is 45.4 Å². The van der Waals surface area contributed by atoms with E-state index >= 15 is 0 Å². The standard InChI is InChI=1S/C14H20F2N2O2/c1-2-3-7-11(17)13(19)18-9-10-6-4-5-8-12(10)20-14(15)16/h4-6,8,11,14H,2-3,7,9,17H2,1H3,(H,18,19)/t11-/m0/s1. The van der Waals surface area contributed by atoms with Crippen LogP contribution >= 0.6 is 0 Å². The Balaban J connectivity index is 2.54. The van der Waals surface area contributed by atoms with Gasteiger partial charge in [0.15, 0.2) is 0 Å². The minimum absolute atomic E-state index is 0.0601. The van der Waals surface area contributed by atoms with Crippen molar-refractivity contribution in [2.75, 3.05) is 0 Å². The summed E-state index contributed by atoms with van der Waals surface area (Å²) >= 11 is 0. The number of para-hydroxylation sites is 1. The van der Waals surface area contributed by atoms with Crippen molar-refractivity contribution in [3.8, 4) is 5.75 Å². The van der Waals surface area contributed by atoms with E-state index < -0.39 is 12.7 Å². The van der Waals surface area contributed by atoms with Crippen LogP contribution in [0.3, 0.4) is 0 Å². The Bertz CT molecular complexity index is 427. The van der Waals surface area contributed by atoms with Crippen LogP contribution in [-0.4, -0.2) is 18.6 Å². The molecule has 0 aromatic heterocycles. The van der Waals surface area contributed by atoms with Gasteiger partial charge in [0, 0.05) is 12.1 Å². The molecule has 0 saturated heterocycles. The molecule has 0 bridgehead atoms. The van der Waals surface area contributed by atoms with Gasteiger partial charge in [-0.15, -0.1) is 0 Å². The maximum atomic E-state index is 12.2. The second kappa shape index (κ2) is 8.47. The Hall–Kier alpha value is -1.69. The Morgan fingerprint density at radius 2 is 2.10 bits per heavy atom. The number of rotatable bonds is 8. The zero-order valence-corrected chi connectivity index (χ0v) is 11.4. The number of halogens is 2. The molecule has 1 rings (SSSR count). The number of carbonyl (C=O) groups is 1. The number of carbonyl (C=O) groups excluding carboxylic acids is 1. The molecule has 1 aromatic carbocycles. The molecule has 112 valence electrons. The summed E-state index contributed by atoms with van der Waals surface area (Å²) in [5.41, 5.74) is 6.21. The number of nitrogens with two attached hydrogens (primary N) is 1. The monoisotopic (exact) mass is 286 g/mol. The van der Waals surface area contributed by atoms with Crippen LogP contribution in [0.15, 0.2) is 24.3 Å². The molecule has 4 nitrogen and oxygen atoms in total. The SMILES string of the molecule is CCCC[C@H](N)C(=O)NCc1ccccc1OC(F)F. The van der Waals surface area contributed by atoms with E-state index in [1.54, 1.807) is 18.2 Å². The maximum absolute atomic E-state index is 12.2. The van der Waals surface area contributed by atoms with E-state index in [1.807, 2.05) is 6.92 Å². The van der Waals surface area contributed by atoms with Gasteiger partial charge in [0.1, 0.15) is 5.75 Å². The summed E-state index contributed by atoms with van der Waals surface area (Å²) in [6.07, 6.45) is 2.45. The molecule has 0 aliphatic rings. The summed E-state index contributed by atoms with van der Waals surface area (Å²) in [5.74, 6) is -0.227. The van der Waals surface area contributed by atoms with Crippen molar-refractivity contribution < 1.29 is 18.3 Å². The fourth-order valence-corrected chi connectivity index (χ4v) is 1.73. The fourth-order valence-electron chi connectivity index (χ4n) is 1.73. The number of ether oxygens (including phenoxy) is 1. The Morgan fingerprint density at radius 1 is 1.40 bits per heavy atom. The molecule has 1 atom stereocenters. The van der Waals surface area contributed by atoms with E-state index in [0.717, 1.165) is 12.8 Å². The van der Waals surface area contributed by atoms with Gasteiger partial charge >= 0.3 is 6.61 Å². The predicted octanol–water partition coefficient (Wildman–Crippen LogP) is 2.42. The van der Waals surface area contributed by atoms with Gasteiger partial charge < -0.3 is 15.8 Å². The van der Waals surface area contributed by atoms with E-state index in [-0.39, 0.29) is 18.2 Å². The number of amides is 1. The molecule has 6 heteroatoms. The lowest BCUT2D eigenvalue weighted by molar-refractivity contribution is -0.122. The number of alkyl halides is 2. The fraction of sp³-hybridized carbons (Fsp3) is 0.500. The molecule has 0 unspecified atom stereocenters. The van der Waals surface area contributed by atoms with E-state index in [0.29, 0.717) is 12.0 Å². The van der Waals surface area contributed by atoms with Crippen LogP contribution in [-0.2, 0) is 11.3 Å². The molecule has 3 N–H and O–H groups in total. The van der Waals surface area contributed by atoms with Gasteiger partial charge in [-0.2, -0.15) is 8.78 Å². The van der Waals surface area contributed by atoms with Gasteiger partial charge in [-0.25, -0.2) is 0 Å². The zero-order valence-electron chi connectivity index (χ0n) is 11.4. The van der Waals surface area contributed by atoms with Crippen LogP contribution in [0, 0.1) is 0 Å². The second-order valence-corrected chi connectivity index (χ2v) is 4.45. The molecule has 1 amide bonds. The topological polar surface area (TPSA) is 64.4 Å². The normalized spacial score (nSPS) is 12.2. The van der Waals surface area contributed by atoms with Crippen molar-refractivity contribution in [1.82, 2.24) is 5.32 Å². The number of nitrogens with one attached hydrogen (secondary N) is 1. The van der Waals surface area contributed by atoms with E-state index in [4.69, 9.17) is 5.73 Å². The van der Waals surface area contributed by atoms with Gasteiger partial charge in [-0.05, 0) is 12.5 Å². The Morgan fingerprint density at radius 3 is 2.75 bits per heavy atom. The molecule has 0 heterocycles. The van der Waals surface area contributed by atoms with E-state index in [2.05, 4.69) is 10.1 Å². The van der Waals surface area contributed by atoms with Crippen LogP contribution < -0.4 is 15.8 Å². The summed E-state index contributed by atoms with van der Waals surface area (Å²) in [6, 6.07) is 5.77.